The van der Waals surface area contributed by atoms with E-state index in [1.165, 1.54) is 30.3 Å². The van der Waals surface area contributed by atoms with Crippen LogP contribution in [0.2, 0.25) is 0 Å². The Morgan fingerprint density at radius 1 is 0.743 bits per heavy atom. The number of hydrogen-bond donors (Lipinski definition) is 5. The summed E-state index contributed by atoms with van der Waals surface area (Å²) in [6, 6.07) is 12.5. The molecule has 5 rings (SSSR count). The van der Waals surface area contributed by atoms with Crippen LogP contribution in [0.25, 0.3) is 22.2 Å². The van der Waals surface area contributed by atoms with Crippen molar-refractivity contribution in [2.45, 2.75) is 0 Å². The van der Waals surface area contributed by atoms with E-state index >= 15 is 0 Å². The zero-order chi connectivity index (χ0) is 25.7. The number of hydrogen-bond acceptors (Lipinski definition) is 11. The number of rotatable bonds is 2. The molecule has 0 bridgehead atoms. The summed E-state index contributed by atoms with van der Waals surface area (Å²) in [5.74, 6) is -1.33. The summed E-state index contributed by atoms with van der Waals surface area (Å²) >= 11 is 0. The maximum absolute atomic E-state index is 10.7. The number of phenolic OH excluding ortho intramolecular Hbond substituents is 1. The molecule has 0 unspecified atom stereocenters. The second kappa shape index (κ2) is 9.90. The van der Waals surface area contributed by atoms with E-state index in [9.17, 15) is 29.8 Å². The van der Waals surface area contributed by atoms with E-state index in [4.69, 9.17) is 21.0 Å². The molecular weight excluding hydrogens is 468 g/mol. The molecule has 0 saturated carbocycles. The van der Waals surface area contributed by atoms with Gasteiger partial charge in [-0.3, -0.25) is 30.2 Å². The van der Waals surface area contributed by atoms with Gasteiger partial charge in [0, 0.05) is 23.9 Å². The molecule has 180 valence electrons. The smallest absolute Gasteiger partial charge is 0.417 e. The standard InChI is InChI=1S/C7H4N2O4.C7H6N2O2.C6H6N2O3/c10-7-8-5-2-1-4(9(11)12)3-6(5)13-7;8-4-1-2-5-6(3-4)11-7(10)9-5;7-5-2-1-4(8(10)11)3-6(5)9/h1-3H,(H,8,10);1-3H,8H2,(H,9,10);1-3,9H,7H2. The number of nitrogens with one attached hydrogen (secondary N) is 2. The van der Waals surface area contributed by atoms with Crippen LogP contribution in [-0.4, -0.2) is 24.9 Å². The molecular formula is C20H16N6O9. The number of non-ortho nitro benzene ring substituents is 2. The molecule has 2 aromatic heterocycles. The van der Waals surface area contributed by atoms with Crippen molar-refractivity contribution in [3.05, 3.63) is 95.9 Å². The summed E-state index contributed by atoms with van der Waals surface area (Å²) in [6.07, 6.45) is 0. The minimum absolute atomic E-state index is 0.102. The van der Waals surface area contributed by atoms with E-state index in [0.717, 1.165) is 6.07 Å². The third-order valence-electron chi connectivity index (χ3n) is 4.29. The molecule has 3 aromatic carbocycles. The first-order valence-electron chi connectivity index (χ1n) is 9.42. The van der Waals surface area contributed by atoms with Gasteiger partial charge < -0.3 is 25.4 Å². The van der Waals surface area contributed by atoms with Crippen LogP contribution in [0.15, 0.2) is 73.0 Å². The van der Waals surface area contributed by atoms with Gasteiger partial charge in [0.05, 0.1) is 38.7 Å². The largest absolute Gasteiger partial charge is 0.506 e. The van der Waals surface area contributed by atoms with E-state index in [1.807, 2.05) is 0 Å². The van der Waals surface area contributed by atoms with Gasteiger partial charge in [-0.1, -0.05) is 0 Å². The Hall–Kier alpha value is -5.60. The van der Waals surface area contributed by atoms with Crippen LogP contribution in [0.4, 0.5) is 22.7 Å². The zero-order valence-electron chi connectivity index (χ0n) is 17.5. The molecule has 0 amide bonds. The van der Waals surface area contributed by atoms with Gasteiger partial charge in [-0.2, -0.15) is 0 Å². The predicted octanol–water partition coefficient (Wildman–Crippen LogP) is 2.62. The highest BCUT2D eigenvalue weighted by Crippen LogP contribution is 2.24. The fourth-order valence-corrected chi connectivity index (χ4v) is 2.66. The molecule has 2 heterocycles. The highest BCUT2D eigenvalue weighted by Gasteiger charge is 2.09. The quantitative estimate of drug-likeness (QED) is 0.105. The molecule has 0 fully saturated rings. The molecule has 0 aliphatic heterocycles. The first-order valence-corrected chi connectivity index (χ1v) is 9.42. The average molecular weight is 484 g/mol. The summed E-state index contributed by atoms with van der Waals surface area (Å²) in [5.41, 5.74) is 12.9. The van der Waals surface area contributed by atoms with Gasteiger partial charge in [0.15, 0.2) is 11.2 Å². The van der Waals surface area contributed by atoms with Gasteiger partial charge in [-0.05, 0) is 24.3 Å². The van der Waals surface area contributed by atoms with E-state index in [1.54, 1.807) is 18.2 Å². The number of nitrogens with two attached hydrogens (primary N) is 2. The van der Waals surface area contributed by atoms with E-state index in [2.05, 4.69) is 14.4 Å². The van der Waals surface area contributed by atoms with Crippen molar-refractivity contribution in [1.82, 2.24) is 9.97 Å². The Bertz CT molecular complexity index is 1650. The number of aromatic hydroxyl groups is 1. The lowest BCUT2D eigenvalue weighted by Gasteiger charge is -1.95. The predicted molar refractivity (Wildman–Crippen MR) is 124 cm³/mol. The molecule has 15 nitrogen and oxygen atoms in total. The Morgan fingerprint density at radius 2 is 1.23 bits per heavy atom. The maximum atomic E-state index is 10.7. The Kier molecular flexibility index (Phi) is 6.81. The number of nitro groups is 2. The lowest BCUT2D eigenvalue weighted by molar-refractivity contribution is -0.385. The monoisotopic (exact) mass is 484 g/mol. The molecule has 15 heteroatoms. The highest BCUT2D eigenvalue weighted by molar-refractivity contribution is 5.76. The van der Waals surface area contributed by atoms with Crippen LogP contribution in [-0.2, 0) is 0 Å². The topological polar surface area (TPSA) is 251 Å². The van der Waals surface area contributed by atoms with Gasteiger partial charge in [-0.15, -0.1) is 0 Å². The van der Waals surface area contributed by atoms with Crippen molar-refractivity contribution >= 4 is 44.9 Å². The molecule has 0 spiro atoms. The fraction of sp³-hybridized carbons (Fsp3) is 0. The van der Waals surface area contributed by atoms with Gasteiger partial charge in [0.2, 0.25) is 0 Å². The Balaban J connectivity index is 0.000000148. The van der Waals surface area contributed by atoms with Crippen LogP contribution in [0, 0.1) is 20.2 Å². The van der Waals surface area contributed by atoms with Gasteiger partial charge in [0.25, 0.3) is 11.4 Å². The molecule has 35 heavy (non-hydrogen) atoms. The molecule has 0 saturated heterocycles. The minimum Gasteiger partial charge on any atom is -0.506 e. The number of nitrogen functional groups attached to an aromatic ring is 2. The summed E-state index contributed by atoms with van der Waals surface area (Å²) in [7, 11) is 0. The van der Waals surface area contributed by atoms with Crippen molar-refractivity contribution in [2.24, 2.45) is 0 Å². The molecule has 0 aliphatic rings. The number of nitro benzene ring substituents is 2. The Morgan fingerprint density at radius 3 is 1.77 bits per heavy atom. The second-order valence-electron chi connectivity index (χ2n) is 6.72. The van der Waals surface area contributed by atoms with E-state index in [-0.39, 0.29) is 28.4 Å². The van der Waals surface area contributed by atoms with Gasteiger partial charge in [-0.25, -0.2) is 9.59 Å². The minimum atomic E-state index is -0.615. The van der Waals surface area contributed by atoms with Gasteiger partial charge in [0.1, 0.15) is 5.75 Å². The normalized spacial score (nSPS) is 10.2. The number of H-pyrrole nitrogens is 2. The van der Waals surface area contributed by atoms with Crippen LogP contribution in [0.3, 0.4) is 0 Å². The molecule has 0 aliphatic carbocycles. The lowest BCUT2D eigenvalue weighted by atomic mass is 10.3. The lowest BCUT2D eigenvalue weighted by Crippen LogP contribution is -1.92. The first kappa shape index (κ1) is 24.1. The molecule has 0 radical (unpaired) electrons. The van der Waals surface area contributed by atoms with Crippen molar-refractivity contribution in [2.75, 3.05) is 11.5 Å². The van der Waals surface area contributed by atoms with E-state index < -0.39 is 21.4 Å². The number of anilines is 2. The Labute approximate surface area is 192 Å². The second-order valence-corrected chi connectivity index (χ2v) is 6.72. The number of fused-ring (bicyclic) bond motifs is 2. The maximum Gasteiger partial charge on any atom is 0.417 e. The zero-order valence-corrected chi connectivity index (χ0v) is 17.5. The number of aromatic nitrogens is 2. The third-order valence-corrected chi connectivity index (χ3v) is 4.29. The number of oxazole rings is 2. The van der Waals surface area contributed by atoms with Crippen LogP contribution in [0.1, 0.15) is 0 Å². The third kappa shape index (κ3) is 6.01. The first-order chi connectivity index (χ1) is 16.5. The molecule has 7 N–H and O–H groups in total. The van der Waals surface area contributed by atoms with Gasteiger partial charge >= 0.3 is 11.5 Å². The molecule has 5 aromatic rings. The summed E-state index contributed by atoms with van der Waals surface area (Å²) in [5, 5.41) is 29.4. The number of nitrogens with zero attached hydrogens (tertiary/aromatic N) is 2. The van der Waals surface area contributed by atoms with Crippen molar-refractivity contribution in [3.63, 3.8) is 0 Å². The average Bonchev–Trinajstić information content (AvgIpc) is 3.35. The van der Waals surface area contributed by atoms with E-state index in [0.29, 0.717) is 22.3 Å². The fourth-order valence-electron chi connectivity index (χ4n) is 2.66. The number of aromatic amines is 2. The van der Waals surface area contributed by atoms with Crippen molar-refractivity contribution < 1.29 is 23.8 Å². The van der Waals surface area contributed by atoms with Crippen LogP contribution < -0.4 is 23.0 Å². The number of phenols is 1. The van der Waals surface area contributed by atoms with Crippen molar-refractivity contribution in [1.29, 1.82) is 0 Å². The summed E-state index contributed by atoms with van der Waals surface area (Å²) < 4.78 is 9.40. The number of benzene rings is 3. The summed E-state index contributed by atoms with van der Waals surface area (Å²) in [4.78, 5) is 45.5. The summed E-state index contributed by atoms with van der Waals surface area (Å²) in [6.45, 7) is 0. The highest BCUT2D eigenvalue weighted by atomic mass is 16.6. The van der Waals surface area contributed by atoms with Crippen molar-refractivity contribution in [3.8, 4) is 5.75 Å². The van der Waals surface area contributed by atoms with Crippen LogP contribution >= 0.6 is 0 Å². The SMILES string of the molecule is Nc1ccc([N+](=O)[O-])cc1O.Nc1ccc2[nH]c(=O)oc2c1.O=c1[nH]c2ccc([N+](=O)[O-])cc2o1. The molecule has 0 atom stereocenters. The van der Waals surface area contributed by atoms with Crippen LogP contribution in [0.5, 0.6) is 5.75 Å².